The third-order valence-corrected chi connectivity index (χ3v) is 4.32. The van der Waals surface area contributed by atoms with Gasteiger partial charge >= 0.3 is 0 Å². The molecule has 0 bridgehead atoms. The van der Waals surface area contributed by atoms with Crippen molar-refractivity contribution in [2.24, 2.45) is 0 Å². The number of hydrogen-bond acceptors (Lipinski definition) is 4. The van der Waals surface area contributed by atoms with Crippen molar-refractivity contribution < 1.29 is 9.59 Å². The second-order valence-corrected chi connectivity index (χ2v) is 6.02. The van der Waals surface area contributed by atoms with Crippen LogP contribution in [-0.4, -0.2) is 43.2 Å². The Balaban J connectivity index is 0.00000242. The Kier molecular flexibility index (Phi) is 7.72. The van der Waals surface area contributed by atoms with E-state index in [0.29, 0.717) is 12.3 Å². The first-order valence-electron chi connectivity index (χ1n) is 7.14. The summed E-state index contributed by atoms with van der Waals surface area (Å²) in [5, 5.41) is 6.09. The average Bonchev–Trinajstić information content (AvgIpc) is 2.48. The van der Waals surface area contributed by atoms with Crippen molar-refractivity contribution in [3.8, 4) is 0 Å². The number of anilines is 1. The van der Waals surface area contributed by atoms with Crippen molar-refractivity contribution in [2.45, 2.75) is 24.8 Å². The zero-order chi connectivity index (χ0) is 15.2. The molecule has 1 aliphatic heterocycles. The highest BCUT2D eigenvalue weighted by molar-refractivity contribution is 8.00. The van der Waals surface area contributed by atoms with Gasteiger partial charge in [-0.05, 0) is 25.6 Å². The van der Waals surface area contributed by atoms with E-state index in [9.17, 15) is 9.59 Å². The third-order valence-electron chi connectivity index (χ3n) is 3.27. The molecule has 22 heavy (non-hydrogen) atoms. The Morgan fingerprint density at radius 3 is 2.86 bits per heavy atom. The van der Waals surface area contributed by atoms with E-state index in [1.54, 1.807) is 4.90 Å². The van der Waals surface area contributed by atoms with Gasteiger partial charge in [0, 0.05) is 17.5 Å². The summed E-state index contributed by atoms with van der Waals surface area (Å²) in [6.45, 7) is 5.55. The molecule has 1 aromatic rings. The molecule has 0 spiro atoms. The van der Waals surface area contributed by atoms with E-state index in [-0.39, 0.29) is 36.8 Å². The van der Waals surface area contributed by atoms with Gasteiger partial charge < -0.3 is 15.5 Å². The number of halogens is 1. The highest BCUT2D eigenvalue weighted by Gasteiger charge is 2.26. The maximum atomic E-state index is 12.0. The van der Waals surface area contributed by atoms with Crippen LogP contribution in [0.1, 0.15) is 13.8 Å². The quantitative estimate of drug-likeness (QED) is 0.824. The summed E-state index contributed by atoms with van der Waals surface area (Å²) >= 11 is 1.52. The van der Waals surface area contributed by atoms with Crippen molar-refractivity contribution in [3.63, 3.8) is 0 Å². The fourth-order valence-electron chi connectivity index (χ4n) is 2.21. The lowest BCUT2D eigenvalue weighted by molar-refractivity contribution is -0.123. The first-order chi connectivity index (χ1) is 10.1. The number of hydrogen-bond donors (Lipinski definition) is 2. The maximum absolute atomic E-state index is 12.0. The Hall–Kier alpha value is -1.24. The Morgan fingerprint density at radius 1 is 1.41 bits per heavy atom. The van der Waals surface area contributed by atoms with Crippen LogP contribution in [0.15, 0.2) is 29.2 Å². The molecule has 2 rings (SSSR count). The second-order valence-electron chi connectivity index (χ2n) is 5.00. The first kappa shape index (κ1) is 18.8. The molecule has 0 saturated carbocycles. The van der Waals surface area contributed by atoms with Gasteiger partial charge in [-0.2, -0.15) is 0 Å². The van der Waals surface area contributed by atoms with Gasteiger partial charge in [0.1, 0.15) is 6.54 Å². The zero-order valence-electron chi connectivity index (χ0n) is 12.8. The molecule has 1 heterocycles. The van der Waals surface area contributed by atoms with Crippen LogP contribution in [0.25, 0.3) is 0 Å². The van der Waals surface area contributed by atoms with Crippen LogP contribution in [0.4, 0.5) is 5.69 Å². The topological polar surface area (TPSA) is 61.4 Å². The molecular weight excluding hydrogens is 322 g/mol. The number of thioether (sulfide) groups is 1. The average molecular weight is 344 g/mol. The fraction of sp³-hybridized carbons (Fsp3) is 0.467. The molecule has 7 heteroatoms. The Morgan fingerprint density at radius 2 is 2.14 bits per heavy atom. The SMILES string of the molecule is CCN[C@H](C)CNC(=O)CN1C(=O)CSc2ccccc21.Cl. The second kappa shape index (κ2) is 9.02. The van der Waals surface area contributed by atoms with Crippen molar-refractivity contribution in [1.82, 2.24) is 10.6 Å². The van der Waals surface area contributed by atoms with Gasteiger partial charge in [0.05, 0.1) is 11.4 Å². The van der Waals surface area contributed by atoms with Crippen molar-refractivity contribution >= 4 is 41.7 Å². The van der Waals surface area contributed by atoms with Gasteiger partial charge in [0.2, 0.25) is 11.8 Å². The van der Waals surface area contributed by atoms with E-state index in [1.165, 1.54) is 11.8 Å². The standard InChI is InChI=1S/C15H21N3O2S.ClH/c1-3-16-11(2)8-17-14(19)9-18-12-6-4-5-7-13(12)21-10-15(18)20;/h4-7,11,16H,3,8-10H2,1-2H3,(H,17,19);1H/t11-;/m1./s1. The van der Waals surface area contributed by atoms with Gasteiger partial charge in [0.25, 0.3) is 0 Å². The monoisotopic (exact) mass is 343 g/mol. The minimum Gasteiger partial charge on any atom is -0.353 e. The molecule has 2 N–H and O–H groups in total. The minimum absolute atomic E-state index is 0. The maximum Gasteiger partial charge on any atom is 0.240 e. The minimum atomic E-state index is -0.130. The van der Waals surface area contributed by atoms with Gasteiger partial charge in [-0.1, -0.05) is 19.1 Å². The van der Waals surface area contributed by atoms with E-state index >= 15 is 0 Å². The van der Waals surface area contributed by atoms with Crippen molar-refractivity contribution in [3.05, 3.63) is 24.3 Å². The van der Waals surface area contributed by atoms with Crippen LogP contribution in [-0.2, 0) is 9.59 Å². The zero-order valence-corrected chi connectivity index (χ0v) is 14.4. The Labute approximate surface area is 141 Å². The Bertz CT molecular complexity index is 527. The number of rotatable bonds is 6. The summed E-state index contributed by atoms with van der Waals surface area (Å²) in [6, 6.07) is 7.91. The summed E-state index contributed by atoms with van der Waals surface area (Å²) in [7, 11) is 0. The summed E-state index contributed by atoms with van der Waals surface area (Å²) < 4.78 is 0. The van der Waals surface area contributed by atoms with E-state index in [1.807, 2.05) is 38.1 Å². The van der Waals surface area contributed by atoms with Crippen LogP contribution in [0, 0.1) is 0 Å². The number of amides is 2. The number of benzene rings is 1. The fourth-order valence-corrected chi connectivity index (χ4v) is 3.15. The molecule has 0 fully saturated rings. The number of carbonyl (C=O) groups excluding carboxylic acids is 2. The van der Waals surface area contributed by atoms with Crippen LogP contribution < -0.4 is 15.5 Å². The number of nitrogens with one attached hydrogen (secondary N) is 2. The number of likely N-dealkylation sites (N-methyl/N-ethyl adjacent to an activating group) is 1. The van der Waals surface area contributed by atoms with Crippen molar-refractivity contribution in [1.29, 1.82) is 0 Å². The van der Waals surface area contributed by atoms with Gasteiger partial charge in [-0.15, -0.1) is 24.2 Å². The van der Waals surface area contributed by atoms with Crippen LogP contribution >= 0.6 is 24.2 Å². The largest absolute Gasteiger partial charge is 0.353 e. The summed E-state index contributed by atoms with van der Waals surface area (Å²) in [6.07, 6.45) is 0. The molecule has 1 aliphatic rings. The first-order valence-corrected chi connectivity index (χ1v) is 8.12. The lowest BCUT2D eigenvalue weighted by Gasteiger charge is -2.28. The normalized spacial score (nSPS) is 14.8. The summed E-state index contributed by atoms with van der Waals surface area (Å²) in [5.74, 6) is 0.237. The molecule has 0 unspecified atom stereocenters. The lowest BCUT2D eigenvalue weighted by Crippen LogP contribution is -2.46. The molecule has 122 valence electrons. The summed E-state index contributed by atoms with van der Waals surface area (Å²) in [5.41, 5.74) is 0.827. The predicted molar refractivity (Wildman–Crippen MR) is 92.9 cm³/mol. The number of para-hydroxylation sites is 1. The molecule has 0 aliphatic carbocycles. The number of fused-ring (bicyclic) bond motifs is 1. The molecule has 1 atom stereocenters. The van der Waals surface area contributed by atoms with Crippen LogP contribution in [0.5, 0.6) is 0 Å². The van der Waals surface area contributed by atoms with Gasteiger partial charge in [-0.25, -0.2) is 0 Å². The van der Waals surface area contributed by atoms with Crippen molar-refractivity contribution in [2.75, 3.05) is 30.3 Å². The molecule has 2 amide bonds. The number of carbonyl (C=O) groups is 2. The van der Waals surface area contributed by atoms with Gasteiger partial charge in [-0.3, -0.25) is 9.59 Å². The van der Waals surface area contributed by atoms with E-state index in [0.717, 1.165) is 17.1 Å². The van der Waals surface area contributed by atoms with E-state index in [2.05, 4.69) is 10.6 Å². The predicted octanol–water partition coefficient (Wildman–Crippen LogP) is 1.66. The van der Waals surface area contributed by atoms with E-state index in [4.69, 9.17) is 0 Å². The number of nitrogens with zero attached hydrogens (tertiary/aromatic N) is 1. The van der Waals surface area contributed by atoms with Crippen LogP contribution in [0.3, 0.4) is 0 Å². The van der Waals surface area contributed by atoms with Crippen LogP contribution in [0.2, 0.25) is 0 Å². The molecule has 1 aromatic carbocycles. The van der Waals surface area contributed by atoms with Gasteiger partial charge in [0.15, 0.2) is 0 Å². The smallest absolute Gasteiger partial charge is 0.240 e. The molecule has 0 aromatic heterocycles. The lowest BCUT2D eigenvalue weighted by atomic mass is 10.2. The highest BCUT2D eigenvalue weighted by Crippen LogP contribution is 2.34. The van der Waals surface area contributed by atoms with E-state index < -0.39 is 0 Å². The third kappa shape index (κ3) is 4.90. The molecular formula is C15H22ClN3O2S. The summed E-state index contributed by atoms with van der Waals surface area (Å²) in [4.78, 5) is 26.7. The highest BCUT2D eigenvalue weighted by atomic mass is 35.5. The molecule has 5 nitrogen and oxygen atoms in total. The molecule has 0 radical (unpaired) electrons. The molecule has 0 saturated heterocycles.